The Morgan fingerprint density at radius 2 is 2.11 bits per heavy atom. The average Bonchev–Trinajstić information content (AvgIpc) is 2.92. The molecule has 18 heavy (non-hydrogen) atoms. The molecule has 98 valence electrons. The highest BCUT2D eigenvalue weighted by molar-refractivity contribution is 7.93. The molecule has 1 N–H and O–H groups in total. The van der Waals surface area contributed by atoms with Crippen LogP contribution < -0.4 is 9.62 Å². The Morgan fingerprint density at radius 3 is 2.89 bits per heavy atom. The van der Waals surface area contributed by atoms with Gasteiger partial charge in [0.15, 0.2) is 0 Å². The SMILES string of the molecule is O=S(=O)(C1CCNC1)N1CCCc2ccccc21. The van der Waals surface area contributed by atoms with Gasteiger partial charge in [0.1, 0.15) is 0 Å². The summed E-state index contributed by atoms with van der Waals surface area (Å²) in [4.78, 5) is 0. The summed E-state index contributed by atoms with van der Waals surface area (Å²) in [6.45, 7) is 2.01. The fourth-order valence-electron chi connectivity index (χ4n) is 2.83. The van der Waals surface area contributed by atoms with Gasteiger partial charge in [0.05, 0.1) is 10.9 Å². The van der Waals surface area contributed by atoms with Gasteiger partial charge in [-0.25, -0.2) is 8.42 Å². The predicted octanol–water partition coefficient (Wildman–Crippen LogP) is 1.13. The van der Waals surface area contributed by atoms with Crippen molar-refractivity contribution in [1.82, 2.24) is 5.32 Å². The first-order valence-corrected chi connectivity index (χ1v) is 8.00. The molecule has 1 saturated heterocycles. The normalized spacial score (nSPS) is 24.0. The van der Waals surface area contributed by atoms with Gasteiger partial charge in [0.2, 0.25) is 10.0 Å². The third-order valence-electron chi connectivity index (χ3n) is 3.81. The lowest BCUT2D eigenvalue weighted by Crippen LogP contribution is -2.42. The third kappa shape index (κ3) is 1.91. The van der Waals surface area contributed by atoms with Crippen molar-refractivity contribution in [3.05, 3.63) is 29.8 Å². The summed E-state index contributed by atoms with van der Waals surface area (Å²) in [5, 5.41) is 2.88. The number of nitrogens with one attached hydrogen (secondary N) is 1. The zero-order valence-electron chi connectivity index (χ0n) is 10.3. The molecule has 2 aliphatic rings. The summed E-state index contributed by atoms with van der Waals surface area (Å²) in [7, 11) is -3.20. The molecule has 5 heteroatoms. The van der Waals surface area contributed by atoms with Gasteiger partial charge in [-0.05, 0) is 37.4 Å². The van der Waals surface area contributed by atoms with Crippen LogP contribution >= 0.6 is 0 Å². The molecule has 0 amide bonds. The lowest BCUT2D eigenvalue weighted by atomic mass is 10.0. The molecule has 0 radical (unpaired) electrons. The molecule has 0 saturated carbocycles. The number of anilines is 1. The van der Waals surface area contributed by atoms with Crippen LogP contribution in [0.5, 0.6) is 0 Å². The van der Waals surface area contributed by atoms with E-state index in [-0.39, 0.29) is 5.25 Å². The second kappa shape index (κ2) is 4.55. The van der Waals surface area contributed by atoms with E-state index in [4.69, 9.17) is 0 Å². The van der Waals surface area contributed by atoms with Crippen LogP contribution in [0.3, 0.4) is 0 Å². The Bertz CT molecular complexity index is 536. The van der Waals surface area contributed by atoms with E-state index < -0.39 is 10.0 Å². The van der Waals surface area contributed by atoms with Crippen molar-refractivity contribution >= 4 is 15.7 Å². The standard InChI is InChI=1S/C13H18N2O2S/c16-18(17,12-7-8-14-10-12)15-9-3-5-11-4-1-2-6-13(11)15/h1-2,4,6,12,14H,3,5,7-10H2. The minimum Gasteiger partial charge on any atom is -0.315 e. The van der Waals surface area contributed by atoms with Crippen LogP contribution in [0.4, 0.5) is 5.69 Å². The van der Waals surface area contributed by atoms with E-state index in [1.165, 1.54) is 0 Å². The Hall–Kier alpha value is -1.07. The van der Waals surface area contributed by atoms with E-state index in [2.05, 4.69) is 5.32 Å². The fourth-order valence-corrected chi connectivity index (χ4v) is 4.77. The first kappa shape index (κ1) is 12.0. The van der Waals surface area contributed by atoms with Crippen LogP contribution in [0.25, 0.3) is 0 Å². The second-order valence-electron chi connectivity index (χ2n) is 4.96. The number of fused-ring (bicyclic) bond motifs is 1. The van der Waals surface area contributed by atoms with E-state index in [9.17, 15) is 8.42 Å². The highest BCUT2D eigenvalue weighted by Crippen LogP contribution is 2.31. The number of aryl methyl sites for hydroxylation is 1. The highest BCUT2D eigenvalue weighted by atomic mass is 32.2. The summed E-state index contributed by atoms with van der Waals surface area (Å²) in [6.07, 6.45) is 2.61. The summed E-state index contributed by atoms with van der Waals surface area (Å²) in [6, 6.07) is 7.85. The van der Waals surface area contributed by atoms with Crippen molar-refractivity contribution < 1.29 is 8.42 Å². The van der Waals surface area contributed by atoms with Gasteiger partial charge >= 0.3 is 0 Å². The zero-order chi connectivity index (χ0) is 12.6. The fraction of sp³-hybridized carbons (Fsp3) is 0.538. The van der Waals surface area contributed by atoms with E-state index in [0.29, 0.717) is 13.1 Å². The Morgan fingerprint density at radius 1 is 1.28 bits per heavy atom. The minimum atomic E-state index is -3.20. The van der Waals surface area contributed by atoms with Crippen LogP contribution in [0.2, 0.25) is 0 Å². The zero-order valence-corrected chi connectivity index (χ0v) is 11.1. The van der Waals surface area contributed by atoms with Crippen molar-refractivity contribution in [1.29, 1.82) is 0 Å². The molecule has 3 rings (SSSR count). The minimum absolute atomic E-state index is 0.261. The first-order chi connectivity index (χ1) is 8.69. The van der Waals surface area contributed by atoms with Crippen molar-refractivity contribution in [2.24, 2.45) is 0 Å². The summed E-state index contributed by atoms with van der Waals surface area (Å²) in [5.74, 6) is 0. The number of sulfonamides is 1. The highest BCUT2D eigenvalue weighted by Gasteiger charge is 2.36. The first-order valence-electron chi connectivity index (χ1n) is 6.50. The molecule has 0 spiro atoms. The molecule has 2 aliphatic heterocycles. The van der Waals surface area contributed by atoms with Crippen LogP contribution in [-0.2, 0) is 16.4 Å². The van der Waals surface area contributed by atoms with Gasteiger partial charge in [-0.15, -0.1) is 0 Å². The molecule has 0 aromatic heterocycles. The lowest BCUT2D eigenvalue weighted by molar-refractivity contribution is 0.573. The number of nitrogens with zero attached hydrogens (tertiary/aromatic N) is 1. The monoisotopic (exact) mass is 266 g/mol. The lowest BCUT2D eigenvalue weighted by Gasteiger charge is -2.32. The maximum absolute atomic E-state index is 12.6. The molecule has 1 fully saturated rings. The molecule has 2 heterocycles. The topological polar surface area (TPSA) is 49.4 Å². The maximum atomic E-state index is 12.6. The molecule has 1 unspecified atom stereocenters. The molecule has 0 aliphatic carbocycles. The Labute approximate surface area is 108 Å². The van der Waals surface area contributed by atoms with Crippen LogP contribution in [0, 0.1) is 0 Å². The van der Waals surface area contributed by atoms with Crippen LogP contribution in [0.15, 0.2) is 24.3 Å². The molecule has 1 aromatic carbocycles. The van der Waals surface area contributed by atoms with Gasteiger partial charge in [-0.2, -0.15) is 0 Å². The molecule has 1 aromatic rings. The van der Waals surface area contributed by atoms with Crippen molar-refractivity contribution in [3.8, 4) is 0 Å². The van der Waals surface area contributed by atoms with E-state index >= 15 is 0 Å². The number of rotatable bonds is 2. The summed E-state index contributed by atoms with van der Waals surface area (Å²) < 4.78 is 26.9. The van der Waals surface area contributed by atoms with Gasteiger partial charge in [-0.1, -0.05) is 18.2 Å². The maximum Gasteiger partial charge on any atom is 0.239 e. The van der Waals surface area contributed by atoms with E-state index in [1.54, 1.807) is 4.31 Å². The smallest absolute Gasteiger partial charge is 0.239 e. The quantitative estimate of drug-likeness (QED) is 0.873. The largest absolute Gasteiger partial charge is 0.315 e. The molecular formula is C13H18N2O2S. The van der Waals surface area contributed by atoms with Crippen molar-refractivity contribution in [2.75, 3.05) is 23.9 Å². The van der Waals surface area contributed by atoms with Gasteiger partial charge in [0.25, 0.3) is 0 Å². The van der Waals surface area contributed by atoms with Crippen molar-refractivity contribution in [3.63, 3.8) is 0 Å². The number of para-hydroxylation sites is 1. The Kier molecular flexibility index (Phi) is 3.03. The van der Waals surface area contributed by atoms with Gasteiger partial charge in [0, 0.05) is 13.1 Å². The van der Waals surface area contributed by atoms with Crippen molar-refractivity contribution in [2.45, 2.75) is 24.5 Å². The molecule has 1 atom stereocenters. The number of benzene rings is 1. The number of hydrogen-bond donors (Lipinski definition) is 1. The predicted molar refractivity (Wildman–Crippen MR) is 72.3 cm³/mol. The average molecular weight is 266 g/mol. The molecular weight excluding hydrogens is 248 g/mol. The number of hydrogen-bond acceptors (Lipinski definition) is 3. The third-order valence-corrected chi connectivity index (χ3v) is 6.05. The molecule has 0 bridgehead atoms. The van der Waals surface area contributed by atoms with E-state index in [1.807, 2.05) is 24.3 Å². The summed E-state index contributed by atoms with van der Waals surface area (Å²) >= 11 is 0. The van der Waals surface area contributed by atoms with Crippen LogP contribution in [-0.4, -0.2) is 33.3 Å². The van der Waals surface area contributed by atoms with Crippen LogP contribution in [0.1, 0.15) is 18.4 Å². The van der Waals surface area contributed by atoms with Gasteiger partial charge < -0.3 is 5.32 Å². The second-order valence-corrected chi connectivity index (χ2v) is 7.10. The summed E-state index contributed by atoms with van der Waals surface area (Å²) in [5.41, 5.74) is 2.04. The van der Waals surface area contributed by atoms with E-state index in [0.717, 1.165) is 37.1 Å². The Balaban J connectivity index is 1.98. The molecule has 4 nitrogen and oxygen atoms in total. The van der Waals surface area contributed by atoms with Gasteiger partial charge in [-0.3, -0.25) is 4.31 Å².